The maximum atomic E-state index is 10.6. The Hall–Kier alpha value is -0.520. The van der Waals surface area contributed by atoms with Gasteiger partial charge in [-0.1, -0.05) is 53.8 Å². The first-order valence-electron chi connectivity index (χ1n) is 5.48. The predicted octanol–water partition coefficient (Wildman–Crippen LogP) is 5.32. The molecule has 0 unspecified atom stereocenters. The molecule has 1 N–H and O–H groups in total. The highest BCUT2D eigenvalue weighted by Crippen LogP contribution is 2.21. The van der Waals surface area contributed by atoms with E-state index in [-0.39, 0.29) is 39.2 Å². The van der Waals surface area contributed by atoms with Crippen LogP contribution in [0.15, 0.2) is 12.7 Å². The summed E-state index contributed by atoms with van der Waals surface area (Å²) in [5.74, 6) is -1.24. The van der Waals surface area contributed by atoms with Gasteiger partial charge in [-0.15, -0.1) is 0 Å². The summed E-state index contributed by atoms with van der Waals surface area (Å²) in [6.45, 7) is 0. The third kappa shape index (κ3) is 11.2. The number of aromatic nitrogens is 4. The monoisotopic (exact) mass is 536 g/mol. The fraction of sp³-hybridized carbons (Fsp3) is 0.0909. The van der Waals surface area contributed by atoms with Gasteiger partial charge in [-0.25, -0.2) is 28.9 Å². The van der Waals surface area contributed by atoms with Gasteiger partial charge in [0.1, 0.15) is 44.4 Å². The van der Waals surface area contributed by atoms with Gasteiger partial charge in [0, 0.05) is 21.4 Å². The summed E-state index contributed by atoms with van der Waals surface area (Å²) >= 11 is 26.9. The van der Waals surface area contributed by atoms with Crippen molar-refractivity contribution in [2.75, 3.05) is 0 Å². The zero-order valence-electron chi connectivity index (χ0n) is 11.7. The van der Waals surface area contributed by atoms with Crippen molar-refractivity contribution in [3.05, 3.63) is 44.4 Å². The third-order valence-corrected chi connectivity index (χ3v) is 3.26. The summed E-state index contributed by atoms with van der Waals surface area (Å²) in [6, 6.07) is 0. The van der Waals surface area contributed by atoms with Crippen LogP contribution in [-0.4, -0.2) is 40.5 Å². The molecule has 0 amide bonds. The molecule has 16 heteroatoms. The number of carbonyl (C=O) groups is 2. The number of hydrogen-bond acceptors (Lipinski definition) is 7. The average molecular weight is 539 g/mol. The van der Waals surface area contributed by atoms with Crippen LogP contribution >= 0.6 is 79.4 Å². The molecule has 0 radical (unpaired) electrons. The van der Waals surface area contributed by atoms with E-state index in [4.69, 9.17) is 67.3 Å². The molecule has 27 heavy (non-hydrogen) atoms. The Bertz CT molecular complexity index is 721. The summed E-state index contributed by atoms with van der Waals surface area (Å²) < 4.78 is 9.09. The average Bonchev–Trinajstić information content (AvgIpc) is 2.46. The van der Waals surface area contributed by atoms with E-state index in [1.54, 1.807) is 0 Å². The van der Waals surface area contributed by atoms with Crippen LogP contribution in [0, 0.1) is 0 Å². The Kier molecular flexibility index (Phi) is 15.4. The minimum Gasteiger partial charge on any atom is -0.477 e. The fourth-order valence-electron chi connectivity index (χ4n) is 1.03. The fourth-order valence-corrected chi connectivity index (χ4v) is 2.27. The van der Waals surface area contributed by atoms with Crippen LogP contribution in [0.4, 0.5) is 0 Å². The van der Waals surface area contributed by atoms with Crippen LogP contribution in [0.2, 0.25) is 20.6 Å². The van der Waals surface area contributed by atoms with Crippen LogP contribution < -0.4 is 0 Å². The predicted molar refractivity (Wildman–Crippen MR) is 108 cm³/mol. The van der Waals surface area contributed by atoms with Crippen molar-refractivity contribution in [3.8, 4) is 0 Å². The Morgan fingerprint density at radius 2 is 1.07 bits per heavy atom. The number of carboxylic acid groups (broad SMARTS) is 1. The summed E-state index contributed by atoms with van der Waals surface area (Å²) in [7, 11) is 7.36. The molecule has 0 atom stereocenters. The van der Waals surface area contributed by atoms with Crippen LogP contribution in [-0.2, 0) is 9.23 Å². The molecule has 0 aliphatic heterocycles. The molecular formula is C11H7Cl7N4O4S. The van der Waals surface area contributed by atoms with Crippen molar-refractivity contribution in [3.63, 3.8) is 0 Å². The van der Waals surface area contributed by atoms with E-state index >= 15 is 0 Å². The Balaban J connectivity index is 0. The molecule has 0 fully saturated rings. The van der Waals surface area contributed by atoms with Gasteiger partial charge in [0.25, 0.3) is 5.24 Å². The molecule has 8 nitrogen and oxygen atoms in total. The molecule has 2 aromatic rings. The van der Waals surface area contributed by atoms with Crippen LogP contribution in [0.3, 0.4) is 0 Å². The highest BCUT2D eigenvalue weighted by Gasteiger charge is 2.15. The molecule has 2 aromatic heterocycles. The number of hydrogen-bond donors (Lipinski definition) is 1. The summed E-state index contributed by atoms with van der Waals surface area (Å²) in [6.07, 6.45) is 2.24. The molecule has 0 spiro atoms. The lowest BCUT2D eigenvalue weighted by atomic mass is 10.3. The third-order valence-electron chi connectivity index (χ3n) is 1.92. The number of rotatable bonds is 2. The number of halogens is 7. The van der Waals surface area contributed by atoms with Gasteiger partial charge < -0.3 is 5.11 Å². The van der Waals surface area contributed by atoms with E-state index in [2.05, 4.69) is 41.3 Å². The molecule has 2 rings (SSSR count). The summed E-state index contributed by atoms with van der Waals surface area (Å²) in [4.78, 5) is 34.9. The first kappa shape index (κ1) is 28.7. The van der Waals surface area contributed by atoms with Gasteiger partial charge in [-0.2, -0.15) is 0 Å². The van der Waals surface area contributed by atoms with Gasteiger partial charge in [0.05, 0.1) is 0 Å². The van der Waals surface area contributed by atoms with Gasteiger partial charge in [0.2, 0.25) is 9.23 Å². The van der Waals surface area contributed by atoms with Crippen molar-refractivity contribution in [1.82, 2.24) is 19.9 Å². The van der Waals surface area contributed by atoms with E-state index < -0.39 is 20.4 Å². The van der Waals surface area contributed by atoms with E-state index in [1.807, 2.05) is 0 Å². The lowest BCUT2D eigenvalue weighted by Crippen LogP contribution is -2.01. The van der Waals surface area contributed by atoms with Gasteiger partial charge >= 0.3 is 5.97 Å². The molecule has 150 valence electrons. The summed E-state index contributed by atoms with van der Waals surface area (Å²) in [5, 5.41) is 7.35. The van der Waals surface area contributed by atoms with Crippen molar-refractivity contribution in [2.24, 2.45) is 0 Å². The molecule has 0 bridgehead atoms. The van der Waals surface area contributed by atoms with E-state index in [0.29, 0.717) is 0 Å². The smallest absolute Gasteiger partial charge is 0.342 e. The molecule has 0 saturated carbocycles. The molecule has 0 aliphatic rings. The number of aromatic carboxylic acids is 1. The minimum atomic E-state index is -1.67. The lowest BCUT2D eigenvalue weighted by Gasteiger charge is -1.96. The highest BCUT2D eigenvalue weighted by atomic mass is 36.0. The maximum absolute atomic E-state index is 10.6. The zero-order chi connectivity index (χ0) is 20.4. The standard InChI is InChI=1S/C5HCl3N2O.C5H2Cl2N2O2.CH4.Cl2OS/c6-3-2(5(8)11)4(7)10-1-9-3;6-3-2(5(10)11)4(7)9-1-8-3;;1-4(2)3/h1H;1H,(H,10,11);1H4;. The van der Waals surface area contributed by atoms with Gasteiger partial charge in [-0.3, -0.25) is 4.79 Å². The Labute approximate surface area is 189 Å². The molecule has 0 saturated heterocycles. The van der Waals surface area contributed by atoms with Crippen molar-refractivity contribution in [1.29, 1.82) is 0 Å². The van der Waals surface area contributed by atoms with Crippen molar-refractivity contribution < 1.29 is 18.9 Å². The second kappa shape index (κ2) is 14.5. The van der Waals surface area contributed by atoms with Crippen LogP contribution in [0.1, 0.15) is 28.1 Å². The number of nitrogens with zero attached hydrogens (tertiary/aromatic N) is 4. The Morgan fingerprint density at radius 3 is 1.22 bits per heavy atom. The first-order chi connectivity index (χ1) is 12.0. The topological polar surface area (TPSA) is 123 Å². The molecular weight excluding hydrogens is 532 g/mol. The second-order valence-electron chi connectivity index (χ2n) is 3.42. The zero-order valence-corrected chi connectivity index (χ0v) is 17.8. The lowest BCUT2D eigenvalue weighted by molar-refractivity contribution is 0.0696. The van der Waals surface area contributed by atoms with E-state index in [1.165, 1.54) is 0 Å². The minimum absolute atomic E-state index is 0. The quantitative estimate of drug-likeness (QED) is 0.402. The largest absolute Gasteiger partial charge is 0.477 e. The van der Waals surface area contributed by atoms with Crippen molar-refractivity contribution >= 4 is 99.8 Å². The second-order valence-corrected chi connectivity index (χ2v) is 7.72. The van der Waals surface area contributed by atoms with Gasteiger partial charge in [-0.05, 0) is 11.6 Å². The number of carboxylic acids is 1. The Morgan fingerprint density at radius 1 is 0.815 bits per heavy atom. The highest BCUT2D eigenvalue weighted by molar-refractivity contribution is 8.26. The van der Waals surface area contributed by atoms with E-state index in [0.717, 1.165) is 12.7 Å². The van der Waals surface area contributed by atoms with Crippen LogP contribution in [0.5, 0.6) is 0 Å². The number of carbonyl (C=O) groups excluding carboxylic acids is 1. The van der Waals surface area contributed by atoms with Crippen LogP contribution in [0.25, 0.3) is 0 Å². The van der Waals surface area contributed by atoms with Gasteiger partial charge in [0.15, 0.2) is 0 Å². The van der Waals surface area contributed by atoms with Crippen molar-refractivity contribution in [2.45, 2.75) is 7.43 Å². The molecule has 0 aromatic carbocycles. The summed E-state index contributed by atoms with van der Waals surface area (Å²) in [5.41, 5.74) is -0.326. The maximum Gasteiger partial charge on any atom is 0.342 e. The SMILES string of the molecule is C.O=C(Cl)c1c(Cl)ncnc1Cl.O=C(O)c1c(Cl)ncnc1Cl.O=S(Cl)Cl. The molecule has 0 aliphatic carbocycles. The molecule has 2 heterocycles. The first-order valence-corrected chi connectivity index (χ1v) is 10.2. The normalized spacial score (nSPS) is 9.19. The van der Waals surface area contributed by atoms with E-state index in [9.17, 15) is 9.59 Å².